The van der Waals surface area contributed by atoms with Gasteiger partial charge in [-0.2, -0.15) is 29.9 Å². The molecule has 0 saturated heterocycles. The highest BCUT2D eigenvalue weighted by Gasteiger charge is 2.25. The van der Waals surface area contributed by atoms with E-state index >= 15 is 0 Å². The number of para-hydroxylation sites is 4. The van der Waals surface area contributed by atoms with Crippen molar-refractivity contribution in [3.63, 3.8) is 0 Å². The molecule has 0 spiro atoms. The molecule has 2 aromatic heterocycles. The monoisotopic (exact) mass is 1160 g/mol. The summed E-state index contributed by atoms with van der Waals surface area (Å²) < 4.78 is 6.40. The number of benzene rings is 10. The number of aromatic nitrogens is 6. The first-order valence-corrected chi connectivity index (χ1v) is 29.0. The molecule has 13 heteroatoms. The molecule has 0 radical (unpaired) electrons. The number of rotatable bonds is 14. The maximum absolute atomic E-state index is 8.99. The molecule has 0 aliphatic heterocycles. The van der Waals surface area contributed by atoms with Gasteiger partial charge in [-0.25, -0.2) is 0 Å². The smallest absolute Gasteiger partial charge is 0.328 e. The Kier molecular flexibility index (Phi) is 19.0. The van der Waals surface area contributed by atoms with Gasteiger partial charge in [0, 0.05) is 45.5 Å². The number of anilines is 12. The van der Waals surface area contributed by atoms with E-state index < -0.39 is 0 Å². The fourth-order valence-corrected chi connectivity index (χ4v) is 10.2. The Labute approximate surface area is 515 Å². The molecule has 12 rings (SSSR count). The van der Waals surface area contributed by atoms with Crippen LogP contribution in [0.2, 0.25) is 5.28 Å². The molecule has 87 heavy (non-hydrogen) atoms. The summed E-state index contributed by atoms with van der Waals surface area (Å²) in [7, 11) is 0. The van der Waals surface area contributed by atoms with Crippen molar-refractivity contribution in [2.24, 2.45) is 0 Å². The Bertz CT molecular complexity index is 3970. The van der Waals surface area contributed by atoms with Crippen molar-refractivity contribution < 1.29 is 9.84 Å². The highest BCUT2D eigenvalue weighted by molar-refractivity contribution is 6.28. The zero-order valence-electron chi connectivity index (χ0n) is 50.0. The van der Waals surface area contributed by atoms with E-state index in [1.165, 1.54) is 0 Å². The van der Waals surface area contributed by atoms with Gasteiger partial charge in [0.2, 0.25) is 29.1 Å². The Morgan fingerprint density at radius 2 is 0.540 bits per heavy atom. The molecule has 10 aromatic carbocycles. The van der Waals surface area contributed by atoms with Crippen LogP contribution in [0.1, 0.15) is 44.5 Å². The van der Waals surface area contributed by atoms with Crippen LogP contribution < -0.4 is 24.3 Å². The van der Waals surface area contributed by atoms with Gasteiger partial charge in [0.25, 0.3) is 0 Å². The molecule has 12 nitrogen and oxygen atoms in total. The number of aromatic hydroxyl groups is 1. The van der Waals surface area contributed by atoms with Gasteiger partial charge in [0.15, 0.2) is 0 Å². The highest BCUT2D eigenvalue weighted by Crippen LogP contribution is 2.40. The van der Waals surface area contributed by atoms with E-state index in [-0.39, 0.29) is 11.3 Å². The third kappa shape index (κ3) is 15.6. The minimum absolute atomic E-state index is 0.118. The zero-order valence-corrected chi connectivity index (χ0v) is 50.7. The van der Waals surface area contributed by atoms with Crippen LogP contribution in [0.25, 0.3) is 0 Å². The molecule has 12 aromatic rings. The SMILES string of the molecule is Cc1cc(C)cc(O)c1.Cc1cc(C)cc(Oc2nc(N(c3ccccc3)c3cccc(C)c3)nc(N(c3ccccc3)c3cccc(C)c3)n2)c1.Cc1cccc(N(c2ccccc2)c2nc(Cl)nc(N(c3ccccc3)c3cccc(C)c3)n2)c1. The Hall–Kier alpha value is -10.7. The van der Waals surface area contributed by atoms with Crippen molar-refractivity contribution in [3.8, 4) is 17.5 Å². The van der Waals surface area contributed by atoms with Gasteiger partial charge >= 0.3 is 6.01 Å². The van der Waals surface area contributed by atoms with E-state index in [0.29, 0.717) is 35.3 Å². The lowest BCUT2D eigenvalue weighted by Gasteiger charge is -2.27. The summed E-state index contributed by atoms with van der Waals surface area (Å²) in [6, 6.07) is 85.1. The fraction of sp³-hybridized carbons (Fsp3) is 0.108. The van der Waals surface area contributed by atoms with Gasteiger partial charge in [-0.3, -0.25) is 19.6 Å². The van der Waals surface area contributed by atoms with E-state index in [9.17, 15) is 0 Å². The standard InChI is InChI=1S/C37H33N5O.C29H24ClN5.C8H10O/c1-26-13-11-19-32(22-26)41(30-15-7-5-8-16-30)35-38-36(40-37(39-35)43-34-24-28(3)21-29(4)25-34)42(31-17-9-6-10-18-31)33-20-12-14-27(2)23-33;1-21-11-9-17-25(19-21)34(23-13-5-3-6-14-23)28-31-27(30)32-29(33-28)35(24-15-7-4-8-16-24)26-18-10-12-22(2)20-26;1-6-3-7(2)5-8(9)4-6/h5-25H,1-4H3;3-20H,1-2H3;3-5,9H,1-2H3. The molecule has 0 atom stereocenters. The summed E-state index contributed by atoms with van der Waals surface area (Å²) in [5.74, 6) is 2.78. The lowest BCUT2D eigenvalue weighted by molar-refractivity contribution is 0.440. The summed E-state index contributed by atoms with van der Waals surface area (Å²) in [5.41, 5.74) is 16.4. The van der Waals surface area contributed by atoms with Crippen molar-refractivity contribution >= 4 is 80.9 Å². The lowest BCUT2D eigenvalue weighted by Crippen LogP contribution is -2.19. The minimum Gasteiger partial charge on any atom is -0.508 e. The summed E-state index contributed by atoms with van der Waals surface area (Å²) in [4.78, 5) is 37.0. The predicted octanol–water partition coefficient (Wildman–Crippen LogP) is 19.9. The summed E-state index contributed by atoms with van der Waals surface area (Å²) in [5, 5.41) is 9.11. The number of halogens is 1. The van der Waals surface area contributed by atoms with Crippen LogP contribution in [0.4, 0.5) is 69.3 Å². The average Bonchev–Trinajstić information content (AvgIpc) is 1.48. The lowest BCUT2D eigenvalue weighted by atomic mass is 10.1. The van der Waals surface area contributed by atoms with Crippen LogP contribution in [0.3, 0.4) is 0 Å². The Morgan fingerprint density at radius 1 is 0.276 bits per heavy atom. The number of nitrogens with zero attached hydrogens (tertiary/aromatic N) is 10. The molecule has 432 valence electrons. The number of hydrogen-bond donors (Lipinski definition) is 1. The van der Waals surface area contributed by atoms with Gasteiger partial charge in [0.1, 0.15) is 11.5 Å². The third-order valence-electron chi connectivity index (χ3n) is 13.7. The number of phenols is 1. The first-order valence-electron chi connectivity index (χ1n) is 28.6. The van der Waals surface area contributed by atoms with E-state index in [0.717, 1.165) is 90.0 Å². The number of phenolic OH excluding ortho intramolecular Hbond substituents is 1. The summed E-state index contributed by atoms with van der Waals surface area (Å²) in [6.07, 6.45) is 0. The van der Waals surface area contributed by atoms with E-state index in [4.69, 9.17) is 41.4 Å². The Morgan fingerprint density at radius 3 is 0.816 bits per heavy atom. The summed E-state index contributed by atoms with van der Waals surface area (Å²) in [6.45, 7) is 16.3. The van der Waals surface area contributed by atoms with Crippen molar-refractivity contribution in [2.75, 3.05) is 19.6 Å². The second-order valence-electron chi connectivity index (χ2n) is 21.2. The van der Waals surface area contributed by atoms with Crippen LogP contribution in [0, 0.1) is 55.4 Å². The van der Waals surface area contributed by atoms with Gasteiger partial charge < -0.3 is 9.84 Å². The van der Waals surface area contributed by atoms with E-state index in [1.807, 2.05) is 223 Å². The van der Waals surface area contributed by atoms with Crippen molar-refractivity contribution in [1.82, 2.24) is 29.9 Å². The number of aryl methyl sites for hydroxylation is 8. The topological polar surface area (TPSA) is 120 Å². The number of hydrogen-bond acceptors (Lipinski definition) is 12. The average molecular weight is 1160 g/mol. The van der Waals surface area contributed by atoms with Crippen LogP contribution in [0.5, 0.6) is 17.5 Å². The second kappa shape index (κ2) is 27.8. The molecule has 0 unspecified atom stereocenters. The van der Waals surface area contributed by atoms with Crippen LogP contribution in [0.15, 0.2) is 255 Å². The molecule has 2 heterocycles. The number of ether oxygens (including phenoxy) is 1. The molecule has 1 N–H and O–H groups in total. The van der Waals surface area contributed by atoms with Crippen LogP contribution in [-0.4, -0.2) is 35.0 Å². The minimum atomic E-state index is 0.118. The molecule has 0 aliphatic carbocycles. The first-order chi connectivity index (χ1) is 42.2. The zero-order chi connectivity index (χ0) is 60.8. The van der Waals surface area contributed by atoms with Gasteiger partial charge in [-0.05, 0) is 233 Å². The van der Waals surface area contributed by atoms with Crippen LogP contribution >= 0.6 is 11.6 Å². The van der Waals surface area contributed by atoms with Crippen molar-refractivity contribution in [3.05, 3.63) is 305 Å². The molecule has 0 saturated carbocycles. The molecular formula is C74H67ClN10O2. The van der Waals surface area contributed by atoms with Gasteiger partial charge in [-0.15, -0.1) is 0 Å². The van der Waals surface area contributed by atoms with Crippen molar-refractivity contribution in [1.29, 1.82) is 0 Å². The highest BCUT2D eigenvalue weighted by atomic mass is 35.5. The van der Waals surface area contributed by atoms with Gasteiger partial charge in [-0.1, -0.05) is 133 Å². The first kappa shape index (κ1) is 59.5. The molecule has 0 fully saturated rings. The maximum atomic E-state index is 8.99. The molecular weight excluding hydrogens is 1100 g/mol. The maximum Gasteiger partial charge on any atom is 0.328 e. The Balaban J connectivity index is 0.000000171. The van der Waals surface area contributed by atoms with E-state index in [1.54, 1.807) is 12.1 Å². The molecule has 0 aliphatic rings. The predicted molar refractivity (Wildman–Crippen MR) is 356 cm³/mol. The molecule has 0 bridgehead atoms. The normalized spacial score (nSPS) is 10.6. The van der Waals surface area contributed by atoms with Gasteiger partial charge in [0.05, 0.1) is 0 Å². The van der Waals surface area contributed by atoms with Crippen molar-refractivity contribution in [2.45, 2.75) is 55.4 Å². The summed E-state index contributed by atoms with van der Waals surface area (Å²) >= 11 is 6.53. The van der Waals surface area contributed by atoms with E-state index in [2.05, 4.69) is 104 Å². The second-order valence-corrected chi connectivity index (χ2v) is 21.6. The largest absolute Gasteiger partial charge is 0.508 e. The molecule has 0 amide bonds. The quantitative estimate of drug-likeness (QED) is 0.112. The fourth-order valence-electron chi connectivity index (χ4n) is 10.1. The third-order valence-corrected chi connectivity index (χ3v) is 13.9. The van der Waals surface area contributed by atoms with Crippen LogP contribution in [-0.2, 0) is 0 Å².